The van der Waals surface area contributed by atoms with E-state index < -0.39 is 15.1 Å². The van der Waals surface area contributed by atoms with Gasteiger partial charge in [0, 0.05) is 30.3 Å². The zero-order valence-corrected chi connectivity index (χ0v) is 14.4. The Hall–Kier alpha value is -1.27. The van der Waals surface area contributed by atoms with Crippen LogP contribution in [0.3, 0.4) is 0 Å². The Morgan fingerprint density at radius 3 is 2.82 bits per heavy atom. The minimum absolute atomic E-state index is 0.0109. The van der Waals surface area contributed by atoms with Crippen LogP contribution in [0.25, 0.3) is 0 Å². The van der Waals surface area contributed by atoms with Crippen molar-refractivity contribution in [2.75, 3.05) is 30.7 Å². The molecule has 1 aromatic rings. The molecule has 22 heavy (non-hydrogen) atoms. The molecule has 1 atom stereocenters. The number of sulfone groups is 1. The van der Waals surface area contributed by atoms with Gasteiger partial charge >= 0.3 is 0 Å². The number of nitrogens with zero attached hydrogens (tertiary/aromatic N) is 1. The molecule has 122 valence electrons. The van der Waals surface area contributed by atoms with Crippen LogP contribution in [0, 0.1) is 0 Å². The van der Waals surface area contributed by atoms with Crippen LogP contribution >= 0.6 is 11.6 Å². The minimum atomic E-state index is -3.11. The highest BCUT2D eigenvalue weighted by Crippen LogP contribution is 2.23. The van der Waals surface area contributed by atoms with Crippen LogP contribution in [-0.4, -0.2) is 49.9 Å². The van der Waals surface area contributed by atoms with Crippen LogP contribution in [0.15, 0.2) is 18.2 Å². The number of hydrogen-bond donors (Lipinski definition) is 1. The van der Waals surface area contributed by atoms with Crippen LogP contribution in [0.5, 0.6) is 0 Å². The summed E-state index contributed by atoms with van der Waals surface area (Å²) in [5.74, 6) is -0.167. The summed E-state index contributed by atoms with van der Waals surface area (Å²) in [6.07, 6.45) is 0.463. The number of benzene rings is 1. The van der Waals surface area contributed by atoms with Crippen molar-refractivity contribution in [2.45, 2.75) is 25.5 Å². The Bertz CT molecular complexity index is 661. The number of carbonyl (C=O) groups is 1. The van der Waals surface area contributed by atoms with E-state index in [1.807, 2.05) is 6.92 Å². The first-order chi connectivity index (χ1) is 10.3. The van der Waals surface area contributed by atoms with E-state index in [1.54, 1.807) is 30.0 Å². The summed E-state index contributed by atoms with van der Waals surface area (Å²) in [6, 6.07) is 5.13. The minimum Gasteiger partial charge on any atom is -0.385 e. The van der Waals surface area contributed by atoms with Crippen LogP contribution in [-0.2, 0) is 9.84 Å². The van der Waals surface area contributed by atoms with E-state index in [0.29, 0.717) is 30.1 Å². The first-order valence-electron chi connectivity index (χ1n) is 7.39. The monoisotopic (exact) mass is 344 g/mol. The van der Waals surface area contributed by atoms with E-state index in [-0.39, 0.29) is 18.2 Å². The highest BCUT2D eigenvalue weighted by molar-refractivity contribution is 7.92. The molecule has 1 heterocycles. The third-order valence-electron chi connectivity index (χ3n) is 3.93. The summed E-state index contributed by atoms with van der Waals surface area (Å²) in [5, 5.41) is 3.22. The fourth-order valence-corrected chi connectivity index (χ4v) is 3.99. The molecule has 0 saturated carbocycles. The molecule has 1 saturated heterocycles. The Balaban J connectivity index is 2.26. The molecule has 1 aliphatic heterocycles. The van der Waals surface area contributed by atoms with Crippen molar-refractivity contribution in [1.29, 1.82) is 0 Å². The van der Waals surface area contributed by atoms with Crippen molar-refractivity contribution in [2.24, 2.45) is 0 Å². The van der Waals surface area contributed by atoms with E-state index in [4.69, 9.17) is 11.6 Å². The van der Waals surface area contributed by atoms with Gasteiger partial charge in [-0.1, -0.05) is 11.6 Å². The second-order valence-electron chi connectivity index (χ2n) is 5.48. The van der Waals surface area contributed by atoms with Gasteiger partial charge in [0.25, 0.3) is 5.91 Å². The highest BCUT2D eigenvalue weighted by Gasteiger charge is 2.29. The van der Waals surface area contributed by atoms with Gasteiger partial charge in [-0.05, 0) is 38.5 Å². The molecule has 0 bridgehead atoms. The SMILES string of the molecule is CCNc1ccc(Cl)cc1C(=O)N1CCC(C)S(=O)(=O)CC1. The summed E-state index contributed by atoms with van der Waals surface area (Å²) >= 11 is 6.01. The average Bonchev–Trinajstić information content (AvgIpc) is 2.60. The number of halogens is 1. The predicted octanol–water partition coefficient (Wildman–Crippen LogP) is 2.42. The lowest BCUT2D eigenvalue weighted by Crippen LogP contribution is -2.34. The smallest absolute Gasteiger partial charge is 0.256 e. The molecule has 0 spiro atoms. The molecular weight excluding hydrogens is 324 g/mol. The molecule has 2 rings (SSSR count). The number of hydrogen-bond acceptors (Lipinski definition) is 4. The topological polar surface area (TPSA) is 66.5 Å². The Kier molecular flexibility index (Phi) is 5.34. The first kappa shape index (κ1) is 17.1. The highest BCUT2D eigenvalue weighted by atomic mass is 35.5. The Labute approximate surface area is 136 Å². The van der Waals surface area contributed by atoms with Gasteiger partial charge in [-0.25, -0.2) is 8.42 Å². The number of anilines is 1. The van der Waals surface area contributed by atoms with E-state index in [0.717, 1.165) is 5.69 Å². The Morgan fingerprint density at radius 2 is 2.14 bits per heavy atom. The van der Waals surface area contributed by atoms with Gasteiger partial charge in [0.05, 0.1) is 16.6 Å². The Morgan fingerprint density at radius 1 is 1.41 bits per heavy atom. The molecule has 0 aliphatic carbocycles. The molecule has 1 N–H and O–H groups in total. The second-order valence-corrected chi connectivity index (χ2v) is 8.45. The largest absolute Gasteiger partial charge is 0.385 e. The third kappa shape index (κ3) is 3.73. The first-order valence-corrected chi connectivity index (χ1v) is 9.48. The molecule has 5 nitrogen and oxygen atoms in total. The van der Waals surface area contributed by atoms with Crippen molar-refractivity contribution in [1.82, 2.24) is 4.90 Å². The van der Waals surface area contributed by atoms with Gasteiger partial charge in [-0.3, -0.25) is 4.79 Å². The number of amides is 1. The summed E-state index contributed by atoms with van der Waals surface area (Å²) in [4.78, 5) is 14.4. The van der Waals surface area contributed by atoms with Crippen molar-refractivity contribution in [3.05, 3.63) is 28.8 Å². The van der Waals surface area contributed by atoms with Gasteiger partial charge in [0.1, 0.15) is 0 Å². The molecule has 1 fully saturated rings. The third-order valence-corrected chi connectivity index (χ3v) is 6.38. The lowest BCUT2D eigenvalue weighted by Gasteiger charge is -2.22. The molecule has 0 aromatic heterocycles. The summed E-state index contributed by atoms with van der Waals surface area (Å²) < 4.78 is 23.9. The lowest BCUT2D eigenvalue weighted by molar-refractivity contribution is 0.0768. The van der Waals surface area contributed by atoms with Crippen LogP contribution in [0.1, 0.15) is 30.6 Å². The van der Waals surface area contributed by atoms with Gasteiger partial charge in [-0.15, -0.1) is 0 Å². The average molecular weight is 345 g/mol. The van der Waals surface area contributed by atoms with Crippen LogP contribution in [0.2, 0.25) is 5.02 Å². The molecule has 1 amide bonds. The molecule has 0 radical (unpaired) electrons. The fraction of sp³-hybridized carbons (Fsp3) is 0.533. The molecule has 7 heteroatoms. The maximum absolute atomic E-state index is 12.8. The number of nitrogens with one attached hydrogen (secondary N) is 1. The van der Waals surface area contributed by atoms with Gasteiger partial charge < -0.3 is 10.2 Å². The van der Waals surface area contributed by atoms with Crippen molar-refractivity contribution in [3.8, 4) is 0 Å². The molecular formula is C15H21ClN2O3S. The summed E-state index contributed by atoms with van der Waals surface area (Å²) in [7, 11) is -3.11. The zero-order valence-electron chi connectivity index (χ0n) is 12.8. The number of carbonyl (C=O) groups excluding carboxylic acids is 1. The van der Waals surface area contributed by atoms with E-state index in [1.165, 1.54) is 0 Å². The molecule has 1 aromatic carbocycles. The van der Waals surface area contributed by atoms with Crippen LogP contribution < -0.4 is 5.32 Å². The second kappa shape index (κ2) is 6.87. The van der Waals surface area contributed by atoms with Gasteiger partial charge in [0.2, 0.25) is 0 Å². The normalized spacial score (nSPS) is 21.2. The summed E-state index contributed by atoms with van der Waals surface area (Å²) in [6.45, 7) is 5.00. The van der Waals surface area contributed by atoms with Crippen LogP contribution in [0.4, 0.5) is 5.69 Å². The van der Waals surface area contributed by atoms with Gasteiger partial charge in [0.15, 0.2) is 9.84 Å². The molecule has 1 aliphatic rings. The van der Waals surface area contributed by atoms with E-state index in [9.17, 15) is 13.2 Å². The van der Waals surface area contributed by atoms with Crippen molar-refractivity contribution < 1.29 is 13.2 Å². The fourth-order valence-electron chi connectivity index (χ4n) is 2.48. The summed E-state index contributed by atoms with van der Waals surface area (Å²) in [5.41, 5.74) is 1.21. The standard InChI is InChI=1S/C15H21ClN2O3S/c1-3-17-14-5-4-12(16)10-13(14)15(19)18-7-6-11(2)22(20,21)9-8-18/h4-5,10-11,17H,3,6-9H2,1-2H3. The lowest BCUT2D eigenvalue weighted by atomic mass is 10.1. The van der Waals surface area contributed by atoms with Gasteiger partial charge in [-0.2, -0.15) is 0 Å². The quantitative estimate of drug-likeness (QED) is 0.914. The maximum atomic E-state index is 12.8. The number of rotatable bonds is 3. The maximum Gasteiger partial charge on any atom is 0.256 e. The molecule has 1 unspecified atom stereocenters. The predicted molar refractivity (Wildman–Crippen MR) is 89.4 cm³/mol. The van der Waals surface area contributed by atoms with Crippen molar-refractivity contribution in [3.63, 3.8) is 0 Å². The van der Waals surface area contributed by atoms with E-state index in [2.05, 4.69) is 5.32 Å². The zero-order chi connectivity index (χ0) is 16.3. The van der Waals surface area contributed by atoms with Crippen molar-refractivity contribution >= 4 is 33.0 Å². The van der Waals surface area contributed by atoms with E-state index >= 15 is 0 Å².